The average molecular weight is 391 g/mol. The standard InChI is InChI=1S/C21H21N5O3/c1-29-16-6-4-15(5-7-16)18-13-19(24-14-23-18)25-9-11-26(12-10-25)21(28)17-3-2-8-22-20(17)27/h2-8,13-14H,9-12H2,1H3,(H,22,27). The maximum Gasteiger partial charge on any atom is 0.260 e. The third kappa shape index (κ3) is 3.96. The second kappa shape index (κ2) is 8.14. The van der Waals surface area contributed by atoms with Gasteiger partial charge in [-0.05, 0) is 36.4 Å². The molecule has 0 bridgehead atoms. The Balaban J connectivity index is 1.45. The molecule has 3 aromatic rings. The zero-order chi connectivity index (χ0) is 20.2. The summed E-state index contributed by atoms with van der Waals surface area (Å²) >= 11 is 0. The van der Waals surface area contributed by atoms with Crippen molar-refractivity contribution in [3.8, 4) is 17.0 Å². The van der Waals surface area contributed by atoms with Gasteiger partial charge in [0.1, 0.15) is 23.5 Å². The fourth-order valence-electron chi connectivity index (χ4n) is 3.34. The lowest BCUT2D eigenvalue weighted by Gasteiger charge is -2.35. The predicted octanol–water partition coefficient (Wildman–Crippen LogP) is 1.80. The van der Waals surface area contributed by atoms with Crippen LogP contribution in [0.3, 0.4) is 0 Å². The number of nitrogens with zero attached hydrogens (tertiary/aromatic N) is 4. The highest BCUT2D eigenvalue weighted by Gasteiger charge is 2.24. The molecule has 1 aliphatic rings. The summed E-state index contributed by atoms with van der Waals surface area (Å²) in [5.41, 5.74) is 1.61. The number of aromatic nitrogens is 3. The van der Waals surface area contributed by atoms with Crippen molar-refractivity contribution in [3.63, 3.8) is 0 Å². The number of hydrogen-bond donors (Lipinski definition) is 1. The van der Waals surface area contributed by atoms with Crippen molar-refractivity contribution in [3.05, 3.63) is 70.9 Å². The first-order valence-electron chi connectivity index (χ1n) is 9.34. The molecule has 2 aromatic heterocycles. The van der Waals surface area contributed by atoms with Gasteiger partial charge < -0.3 is 19.5 Å². The molecule has 0 aliphatic carbocycles. The van der Waals surface area contributed by atoms with E-state index in [4.69, 9.17) is 4.74 Å². The van der Waals surface area contributed by atoms with E-state index in [1.54, 1.807) is 30.5 Å². The van der Waals surface area contributed by atoms with Crippen LogP contribution in [0.25, 0.3) is 11.3 Å². The van der Waals surface area contributed by atoms with Crippen molar-refractivity contribution in [2.24, 2.45) is 0 Å². The van der Waals surface area contributed by atoms with Gasteiger partial charge in [0, 0.05) is 44.0 Å². The molecule has 1 aromatic carbocycles. The highest BCUT2D eigenvalue weighted by Crippen LogP contribution is 2.23. The SMILES string of the molecule is COc1ccc(-c2cc(N3CCN(C(=O)c4ccc[nH]c4=O)CC3)ncn2)cc1. The number of benzene rings is 1. The number of ether oxygens (including phenoxy) is 1. The number of piperazine rings is 1. The summed E-state index contributed by atoms with van der Waals surface area (Å²) < 4.78 is 5.20. The Morgan fingerprint density at radius 3 is 2.52 bits per heavy atom. The lowest BCUT2D eigenvalue weighted by atomic mass is 10.1. The van der Waals surface area contributed by atoms with E-state index in [0.717, 1.165) is 22.8 Å². The number of pyridine rings is 1. The summed E-state index contributed by atoms with van der Waals surface area (Å²) in [7, 11) is 1.64. The van der Waals surface area contributed by atoms with Crippen LogP contribution in [0.15, 0.2) is 59.8 Å². The Bertz CT molecular complexity index is 1060. The first kappa shape index (κ1) is 18.7. The van der Waals surface area contributed by atoms with E-state index >= 15 is 0 Å². The van der Waals surface area contributed by atoms with E-state index in [1.807, 2.05) is 30.3 Å². The van der Waals surface area contributed by atoms with Crippen LogP contribution in [-0.4, -0.2) is 59.0 Å². The van der Waals surface area contributed by atoms with Gasteiger partial charge in [0.05, 0.1) is 12.8 Å². The summed E-state index contributed by atoms with van der Waals surface area (Å²) in [6.45, 7) is 2.31. The molecule has 1 amide bonds. The third-order valence-corrected chi connectivity index (χ3v) is 4.98. The van der Waals surface area contributed by atoms with Crippen LogP contribution in [0, 0.1) is 0 Å². The average Bonchev–Trinajstić information content (AvgIpc) is 2.79. The molecule has 1 fully saturated rings. The van der Waals surface area contributed by atoms with Gasteiger partial charge in [0.15, 0.2) is 0 Å². The van der Waals surface area contributed by atoms with Crippen LogP contribution < -0.4 is 15.2 Å². The topological polar surface area (TPSA) is 91.4 Å². The molecule has 0 atom stereocenters. The smallest absolute Gasteiger partial charge is 0.260 e. The number of nitrogens with one attached hydrogen (secondary N) is 1. The molecule has 3 heterocycles. The van der Waals surface area contributed by atoms with Gasteiger partial charge in [-0.2, -0.15) is 0 Å². The van der Waals surface area contributed by atoms with Gasteiger partial charge in [-0.3, -0.25) is 9.59 Å². The van der Waals surface area contributed by atoms with Crippen molar-refractivity contribution in [1.29, 1.82) is 0 Å². The van der Waals surface area contributed by atoms with E-state index in [9.17, 15) is 9.59 Å². The van der Waals surface area contributed by atoms with E-state index in [-0.39, 0.29) is 17.0 Å². The van der Waals surface area contributed by atoms with Gasteiger partial charge in [-0.1, -0.05) is 0 Å². The van der Waals surface area contributed by atoms with Crippen molar-refractivity contribution in [2.75, 3.05) is 38.2 Å². The quantitative estimate of drug-likeness (QED) is 0.729. The molecule has 0 spiro atoms. The van der Waals surface area contributed by atoms with Gasteiger partial charge in [-0.15, -0.1) is 0 Å². The predicted molar refractivity (Wildman–Crippen MR) is 109 cm³/mol. The van der Waals surface area contributed by atoms with Crippen LogP contribution in [0.5, 0.6) is 5.75 Å². The Morgan fingerprint density at radius 1 is 1.07 bits per heavy atom. The van der Waals surface area contributed by atoms with Crippen LogP contribution in [0.2, 0.25) is 0 Å². The number of carbonyl (C=O) groups is 1. The van der Waals surface area contributed by atoms with Crippen LogP contribution in [-0.2, 0) is 0 Å². The summed E-state index contributed by atoms with van der Waals surface area (Å²) in [4.78, 5) is 39.6. The molecule has 0 saturated carbocycles. The molecule has 0 radical (unpaired) electrons. The van der Waals surface area contributed by atoms with E-state index in [2.05, 4.69) is 19.9 Å². The fourth-order valence-corrected chi connectivity index (χ4v) is 3.34. The van der Waals surface area contributed by atoms with E-state index in [0.29, 0.717) is 26.2 Å². The zero-order valence-corrected chi connectivity index (χ0v) is 16.0. The highest BCUT2D eigenvalue weighted by molar-refractivity contribution is 5.94. The molecule has 8 nitrogen and oxygen atoms in total. The number of carbonyl (C=O) groups excluding carboxylic acids is 1. The van der Waals surface area contributed by atoms with E-state index in [1.165, 1.54) is 6.20 Å². The number of rotatable bonds is 4. The molecule has 1 aliphatic heterocycles. The second-order valence-electron chi connectivity index (χ2n) is 6.68. The summed E-state index contributed by atoms with van der Waals surface area (Å²) in [6.07, 6.45) is 3.07. The Morgan fingerprint density at radius 2 is 1.83 bits per heavy atom. The van der Waals surface area contributed by atoms with Gasteiger partial charge >= 0.3 is 0 Å². The van der Waals surface area contributed by atoms with Crippen molar-refractivity contribution in [2.45, 2.75) is 0 Å². The van der Waals surface area contributed by atoms with Crippen LogP contribution in [0.1, 0.15) is 10.4 Å². The van der Waals surface area contributed by atoms with Crippen molar-refractivity contribution < 1.29 is 9.53 Å². The minimum atomic E-state index is -0.361. The molecule has 0 unspecified atom stereocenters. The Hall–Kier alpha value is -3.68. The molecule has 1 N–H and O–H groups in total. The number of hydrogen-bond acceptors (Lipinski definition) is 6. The van der Waals surface area contributed by atoms with E-state index < -0.39 is 0 Å². The molecular weight excluding hydrogens is 370 g/mol. The first-order chi connectivity index (χ1) is 14.2. The lowest BCUT2D eigenvalue weighted by Crippen LogP contribution is -2.49. The maximum atomic E-state index is 12.6. The monoisotopic (exact) mass is 391 g/mol. The Kier molecular flexibility index (Phi) is 5.24. The summed E-state index contributed by atoms with van der Waals surface area (Å²) in [5, 5.41) is 0. The van der Waals surface area contributed by atoms with Gasteiger partial charge in [0.25, 0.3) is 11.5 Å². The molecule has 8 heteroatoms. The molecule has 4 rings (SSSR count). The summed E-state index contributed by atoms with van der Waals surface area (Å²) in [5.74, 6) is 1.37. The van der Waals surface area contributed by atoms with Crippen LogP contribution in [0.4, 0.5) is 5.82 Å². The lowest BCUT2D eigenvalue weighted by molar-refractivity contribution is 0.0744. The molecule has 148 valence electrons. The third-order valence-electron chi connectivity index (χ3n) is 4.98. The van der Waals surface area contributed by atoms with Crippen molar-refractivity contribution >= 4 is 11.7 Å². The molecular formula is C21H21N5O3. The normalized spacial score (nSPS) is 14.0. The highest BCUT2D eigenvalue weighted by atomic mass is 16.5. The van der Waals surface area contributed by atoms with Crippen LogP contribution >= 0.6 is 0 Å². The second-order valence-corrected chi connectivity index (χ2v) is 6.68. The zero-order valence-electron chi connectivity index (χ0n) is 16.0. The molecule has 1 saturated heterocycles. The van der Waals surface area contributed by atoms with Gasteiger partial charge in [0.2, 0.25) is 0 Å². The number of H-pyrrole nitrogens is 1. The van der Waals surface area contributed by atoms with Crippen molar-refractivity contribution in [1.82, 2.24) is 19.9 Å². The minimum absolute atomic E-state index is 0.171. The number of aromatic amines is 1. The maximum absolute atomic E-state index is 12.6. The fraction of sp³-hybridized carbons (Fsp3) is 0.238. The number of amides is 1. The summed E-state index contributed by atoms with van der Waals surface area (Å²) in [6, 6.07) is 12.9. The van der Waals surface area contributed by atoms with Gasteiger partial charge in [-0.25, -0.2) is 9.97 Å². The minimum Gasteiger partial charge on any atom is -0.497 e. The number of methoxy groups -OCH3 is 1. The molecule has 29 heavy (non-hydrogen) atoms. The number of anilines is 1. The largest absolute Gasteiger partial charge is 0.497 e. The first-order valence-corrected chi connectivity index (χ1v) is 9.34. The Labute approximate surface area is 167 Å².